The van der Waals surface area contributed by atoms with Gasteiger partial charge < -0.3 is 9.79 Å². The molecule has 0 aromatic heterocycles. The maximum absolute atomic E-state index is 10.4. The van der Waals surface area contributed by atoms with Gasteiger partial charge in [-0.05, 0) is 12.8 Å². The van der Waals surface area contributed by atoms with Crippen LogP contribution in [0.5, 0.6) is 0 Å². The Kier molecular flexibility index (Phi) is 4.31. The fraction of sp³-hybridized carbons (Fsp3) is 1.00. The fourth-order valence-electron chi connectivity index (χ4n) is 1.04. The minimum Gasteiger partial charge on any atom is -0.303 e. The number of hydrogen-bond acceptors (Lipinski definition) is 4. The van der Waals surface area contributed by atoms with Gasteiger partial charge in [-0.3, -0.25) is 4.52 Å². The minimum absolute atomic E-state index is 0.432. The number of phosphoric ester groups is 1. The van der Waals surface area contributed by atoms with Gasteiger partial charge in [0.25, 0.3) is 0 Å². The molecule has 78 valence electrons. The van der Waals surface area contributed by atoms with Gasteiger partial charge in [0.2, 0.25) is 6.29 Å². The minimum atomic E-state index is -4.47. The quantitative estimate of drug-likeness (QED) is 0.523. The molecule has 7 heteroatoms. The van der Waals surface area contributed by atoms with Crippen LogP contribution in [0.2, 0.25) is 0 Å². The third kappa shape index (κ3) is 5.36. The molecule has 0 amide bonds. The van der Waals surface area contributed by atoms with Crippen molar-refractivity contribution in [1.29, 1.82) is 0 Å². The van der Waals surface area contributed by atoms with E-state index in [9.17, 15) is 4.57 Å². The van der Waals surface area contributed by atoms with Crippen LogP contribution in [0.4, 0.5) is 0 Å². The number of phosphoric acid groups is 1. The topological polar surface area (TPSA) is 85.2 Å². The maximum Gasteiger partial charge on any atom is 0.472 e. The van der Waals surface area contributed by atoms with Crippen molar-refractivity contribution in [1.82, 2.24) is 0 Å². The third-order valence-electron chi connectivity index (χ3n) is 1.60. The van der Waals surface area contributed by atoms with E-state index >= 15 is 0 Å². The van der Waals surface area contributed by atoms with Gasteiger partial charge in [-0.25, -0.2) is 14.3 Å². The van der Waals surface area contributed by atoms with Gasteiger partial charge in [0.05, 0.1) is 6.61 Å². The van der Waals surface area contributed by atoms with Crippen LogP contribution >= 0.6 is 7.82 Å². The molecule has 1 saturated heterocycles. The van der Waals surface area contributed by atoms with E-state index in [2.05, 4.69) is 14.3 Å². The van der Waals surface area contributed by atoms with Crippen LogP contribution in [0.1, 0.15) is 25.7 Å². The maximum atomic E-state index is 10.4. The summed E-state index contributed by atoms with van der Waals surface area (Å²) in [5.41, 5.74) is 0. The molecule has 1 fully saturated rings. The molecule has 1 atom stereocenters. The Morgan fingerprint density at radius 1 is 1.31 bits per heavy atom. The standard InChI is InChI=1S/C6H13O6P/c7-13(8,9)12-6-4-2-1-3-5-10-11-6/h6H,1-5H2,(H2,7,8,9). The summed E-state index contributed by atoms with van der Waals surface area (Å²) in [7, 11) is -4.47. The first kappa shape index (κ1) is 11.1. The SMILES string of the molecule is O=P(O)(O)OC1CCCCCOO1. The second-order valence-electron chi connectivity index (χ2n) is 2.79. The highest BCUT2D eigenvalue weighted by atomic mass is 31.2. The van der Waals surface area contributed by atoms with Crippen molar-refractivity contribution in [3.63, 3.8) is 0 Å². The van der Waals surface area contributed by atoms with Crippen LogP contribution in [-0.2, 0) is 18.9 Å². The van der Waals surface area contributed by atoms with Crippen LogP contribution in [0.15, 0.2) is 0 Å². The molecule has 0 spiro atoms. The molecule has 0 bridgehead atoms. The molecule has 1 rings (SSSR count). The summed E-state index contributed by atoms with van der Waals surface area (Å²) in [5, 5.41) is 0. The molecule has 1 unspecified atom stereocenters. The molecule has 2 N–H and O–H groups in total. The van der Waals surface area contributed by atoms with E-state index in [1.807, 2.05) is 0 Å². The largest absolute Gasteiger partial charge is 0.472 e. The van der Waals surface area contributed by atoms with E-state index in [0.29, 0.717) is 13.0 Å². The lowest BCUT2D eigenvalue weighted by atomic mass is 10.2. The van der Waals surface area contributed by atoms with E-state index in [0.717, 1.165) is 19.3 Å². The van der Waals surface area contributed by atoms with E-state index in [-0.39, 0.29) is 0 Å². The van der Waals surface area contributed by atoms with Crippen LogP contribution in [0.25, 0.3) is 0 Å². The van der Waals surface area contributed by atoms with Gasteiger partial charge in [0.15, 0.2) is 0 Å². The van der Waals surface area contributed by atoms with E-state index in [1.165, 1.54) is 0 Å². The molecule has 0 aromatic carbocycles. The zero-order chi connectivity index (χ0) is 9.73. The first-order chi connectivity index (χ1) is 6.08. The van der Waals surface area contributed by atoms with Gasteiger partial charge in [0.1, 0.15) is 0 Å². The van der Waals surface area contributed by atoms with Crippen molar-refractivity contribution in [3.8, 4) is 0 Å². The van der Waals surface area contributed by atoms with Crippen molar-refractivity contribution in [2.75, 3.05) is 6.61 Å². The Hall–Kier alpha value is 0.0300. The predicted molar refractivity (Wildman–Crippen MR) is 42.4 cm³/mol. The highest BCUT2D eigenvalue weighted by Crippen LogP contribution is 2.39. The van der Waals surface area contributed by atoms with Crippen molar-refractivity contribution >= 4 is 7.82 Å². The normalized spacial score (nSPS) is 26.5. The summed E-state index contributed by atoms with van der Waals surface area (Å²) in [4.78, 5) is 26.3. The second kappa shape index (κ2) is 5.05. The summed E-state index contributed by atoms with van der Waals surface area (Å²) >= 11 is 0. The Labute approximate surface area is 76.0 Å². The summed E-state index contributed by atoms with van der Waals surface area (Å²) in [5.74, 6) is 0. The molecule has 1 heterocycles. The van der Waals surface area contributed by atoms with E-state index < -0.39 is 14.1 Å². The Morgan fingerprint density at radius 3 is 2.77 bits per heavy atom. The van der Waals surface area contributed by atoms with Crippen molar-refractivity contribution in [2.45, 2.75) is 32.0 Å². The van der Waals surface area contributed by atoms with Crippen LogP contribution < -0.4 is 0 Å². The Morgan fingerprint density at radius 2 is 2.08 bits per heavy atom. The molecule has 0 radical (unpaired) electrons. The molecule has 0 saturated carbocycles. The first-order valence-electron chi connectivity index (χ1n) is 4.10. The summed E-state index contributed by atoms with van der Waals surface area (Å²) < 4.78 is 14.8. The molecule has 1 aliphatic heterocycles. The average Bonchev–Trinajstić information content (AvgIpc) is 1.92. The Bertz CT molecular complexity index is 182. The monoisotopic (exact) mass is 212 g/mol. The van der Waals surface area contributed by atoms with Gasteiger partial charge >= 0.3 is 7.82 Å². The number of rotatable bonds is 2. The summed E-state index contributed by atoms with van der Waals surface area (Å²) in [6.45, 7) is 0.432. The highest BCUT2D eigenvalue weighted by molar-refractivity contribution is 7.46. The molecule has 1 aliphatic rings. The second-order valence-corrected chi connectivity index (χ2v) is 3.99. The Balaban J connectivity index is 2.33. The lowest BCUT2D eigenvalue weighted by molar-refractivity contribution is -0.369. The first-order valence-corrected chi connectivity index (χ1v) is 5.63. The van der Waals surface area contributed by atoms with Crippen molar-refractivity contribution in [3.05, 3.63) is 0 Å². The summed E-state index contributed by atoms with van der Waals surface area (Å²) in [6.07, 6.45) is 2.13. The molecule has 0 aromatic rings. The fourth-order valence-corrected chi connectivity index (χ4v) is 1.49. The third-order valence-corrected chi connectivity index (χ3v) is 2.11. The zero-order valence-electron chi connectivity index (χ0n) is 7.09. The van der Waals surface area contributed by atoms with Crippen LogP contribution in [-0.4, -0.2) is 22.7 Å². The highest BCUT2D eigenvalue weighted by Gasteiger charge is 2.24. The smallest absolute Gasteiger partial charge is 0.303 e. The zero-order valence-corrected chi connectivity index (χ0v) is 7.98. The lowest BCUT2D eigenvalue weighted by Gasteiger charge is -2.19. The lowest BCUT2D eigenvalue weighted by Crippen LogP contribution is -2.18. The molecule has 6 nitrogen and oxygen atoms in total. The molecule has 0 aliphatic carbocycles. The van der Waals surface area contributed by atoms with E-state index in [4.69, 9.17) is 9.79 Å². The van der Waals surface area contributed by atoms with Crippen molar-refractivity contribution in [2.24, 2.45) is 0 Å². The predicted octanol–water partition coefficient (Wildman–Crippen LogP) is 0.944. The average molecular weight is 212 g/mol. The molecular formula is C6H13O6P. The van der Waals surface area contributed by atoms with Gasteiger partial charge in [-0.1, -0.05) is 6.42 Å². The van der Waals surface area contributed by atoms with Crippen molar-refractivity contribution < 1.29 is 28.7 Å². The summed E-state index contributed by atoms with van der Waals surface area (Å²) in [6, 6.07) is 0. The van der Waals surface area contributed by atoms with Gasteiger partial charge in [0, 0.05) is 6.42 Å². The van der Waals surface area contributed by atoms with Gasteiger partial charge in [-0.2, -0.15) is 0 Å². The van der Waals surface area contributed by atoms with Crippen LogP contribution in [0.3, 0.4) is 0 Å². The number of hydrogen-bond donors (Lipinski definition) is 2. The van der Waals surface area contributed by atoms with E-state index in [1.54, 1.807) is 0 Å². The van der Waals surface area contributed by atoms with Crippen LogP contribution in [0, 0.1) is 0 Å². The molecular weight excluding hydrogens is 199 g/mol. The van der Waals surface area contributed by atoms with Gasteiger partial charge in [-0.15, -0.1) is 0 Å². The molecule has 13 heavy (non-hydrogen) atoms.